The Morgan fingerprint density at radius 3 is 2.10 bits per heavy atom. The Labute approximate surface area is 125 Å². The summed E-state index contributed by atoms with van der Waals surface area (Å²) >= 11 is 0. The molecule has 0 spiro atoms. The first-order valence-corrected chi connectivity index (χ1v) is 6.60. The summed E-state index contributed by atoms with van der Waals surface area (Å²) in [5.41, 5.74) is 6.34. The molecular weight excluding hydrogens is 272 g/mol. The summed E-state index contributed by atoms with van der Waals surface area (Å²) in [5.74, 6) is 0. The third-order valence-electron chi connectivity index (χ3n) is 2.85. The van der Waals surface area contributed by atoms with E-state index in [1.165, 1.54) is 14.2 Å². The number of carbonyl (C=O) groups excluding carboxylic acids is 2. The Hall–Kier alpha value is -2.08. The van der Waals surface area contributed by atoms with Crippen molar-refractivity contribution in [2.75, 3.05) is 19.9 Å². The van der Waals surface area contributed by atoms with Gasteiger partial charge >= 0.3 is 12.2 Å². The Morgan fingerprint density at radius 1 is 1.14 bits per heavy atom. The van der Waals surface area contributed by atoms with Crippen molar-refractivity contribution in [1.82, 2.24) is 0 Å². The van der Waals surface area contributed by atoms with Crippen LogP contribution >= 0.6 is 0 Å². The van der Waals surface area contributed by atoms with E-state index in [0.29, 0.717) is 5.69 Å². The number of amides is 2. The van der Waals surface area contributed by atoms with Gasteiger partial charge in [0.25, 0.3) is 0 Å². The third kappa shape index (κ3) is 4.46. The van der Waals surface area contributed by atoms with Crippen molar-refractivity contribution in [3.05, 3.63) is 29.8 Å². The van der Waals surface area contributed by atoms with Crippen LogP contribution in [0.15, 0.2) is 24.3 Å². The molecule has 1 unspecified atom stereocenters. The highest BCUT2D eigenvalue weighted by atomic mass is 16.6. The standard InChI is InChI=1S/C15H23N2O4/c1-15(2,3)21-14(19)17(4,13(18)20-5)10-11-6-8-12(16)9-7-11/h6-9H,10,16H2,1-5H3/q+1. The number of hydrogen-bond donors (Lipinski definition) is 1. The zero-order valence-corrected chi connectivity index (χ0v) is 13.2. The van der Waals surface area contributed by atoms with Crippen molar-refractivity contribution >= 4 is 17.9 Å². The molecule has 2 amide bonds. The smallest absolute Gasteiger partial charge is 0.423 e. The molecule has 1 aromatic carbocycles. The number of ether oxygens (including phenoxy) is 2. The highest BCUT2D eigenvalue weighted by Crippen LogP contribution is 2.20. The van der Waals surface area contributed by atoms with Crippen molar-refractivity contribution in [2.45, 2.75) is 32.9 Å². The predicted octanol–water partition coefficient (Wildman–Crippen LogP) is 2.92. The summed E-state index contributed by atoms with van der Waals surface area (Å²) in [7, 11) is 2.71. The Kier molecular flexibility index (Phi) is 4.96. The van der Waals surface area contributed by atoms with Crippen molar-refractivity contribution in [3.8, 4) is 0 Å². The number of nitrogens with two attached hydrogens (primary N) is 1. The minimum atomic E-state index is -0.689. The van der Waals surface area contributed by atoms with E-state index in [0.717, 1.165) is 5.56 Å². The van der Waals surface area contributed by atoms with E-state index in [1.54, 1.807) is 45.0 Å². The van der Waals surface area contributed by atoms with Crippen LogP contribution in [0, 0.1) is 0 Å². The quantitative estimate of drug-likeness (QED) is 0.670. The van der Waals surface area contributed by atoms with Gasteiger partial charge in [-0.15, -0.1) is 4.48 Å². The largest absolute Gasteiger partial charge is 0.527 e. The highest BCUT2D eigenvalue weighted by Gasteiger charge is 2.45. The lowest BCUT2D eigenvalue weighted by Gasteiger charge is -2.29. The Morgan fingerprint density at radius 2 is 1.67 bits per heavy atom. The second kappa shape index (κ2) is 6.13. The van der Waals surface area contributed by atoms with E-state index < -0.39 is 22.3 Å². The first kappa shape index (κ1) is 17.0. The Balaban J connectivity index is 3.06. The second-order valence-corrected chi connectivity index (χ2v) is 6.04. The molecule has 0 fully saturated rings. The fourth-order valence-electron chi connectivity index (χ4n) is 1.76. The van der Waals surface area contributed by atoms with Gasteiger partial charge in [-0.3, -0.25) is 0 Å². The van der Waals surface area contributed by atoms with Gasteiger partial charge in [0.1, 0.15) is 12.1 Å². The van der Waals surface area contributed by atoms with Crippen LogP contribution in [0.1, 0.15) is 26.3 Å². The zero-order valence-electron chi connectivity index (χ0n) is 13.2. The van der Waals surface area contributed by atoms with Crippen LogP contribution in [-0.4, -0.2) is 36.4 Å². The molecule has 21 heavy (non-hydrogen) atoms. The molecule has 0 aromatic heterocycles. The number of imide groups is 1. The zero-order chi connectivity index (χ0) is 16.3. The fraction of sp³-hybridized carbons (Fsp3) is 0.467. The minimum absolute atomic E-state index is 0.127. The SMILES string of the molecule is COC(=O)[N+](C)(Cc1ccc(N)cc1)C(=O)OC(C)(C)C. The normalized spacial score (nSPS) is 14.1. The topological polar surface area (TPSA) is 78.6 Å². The maximum Gasteiger partial charge on any atom is 0.527 e. The number of methoxy groups -OCH3 is 1. The van der Waals surface area contributed by atoms with Crippen LogP contribution < -0.4 is 5.73 Å². The van der Waals surface area contributed by atoms with Gasteiger partial charge in [-0.05, 0) is 32.9 Å². The molecule has 6 heteroatoms. The van der Waals surface area contributed by atoms with Crippen LogP contribution in [0.5, 0.6) is 0 Å². The molecular formula is C15H23N2O4+. The van der Waals surface area contributed by atoms with E-state index in [4.69, 9.17) is 15.2 Å². The lowest BCUT2D eigenvalue weighted by Crippen LogP contribution is -2.54. The van der Waals surface area contributed by atoms with E-state index in [1.807, 2.05) is 0 Å². The number of nitrogens with zero attached hydrogens (tertiary/aromatic N) is 1. The molecule has 0 aliphatic carbocycles. The second-order valence-electron chi connectivity index (χ2n) is 6.04. The number of rotatable bonds is 2. The number of benzene rings is 1. The van der Waals surface area contributed by atoms with E-state index >= 15 is 0 Å². The summed E-state index contributed by atoms with van der Waals surface area (Å²) in [5, 5.41) is 0. The molecule has 0 radical (unpaired) electrons. The van der Waals surface area contributed by atoms with Crippen molar-refractivity contribution < 1.29 is 23.5 Å². The highest BCUT2D eigenvalue weighted by molar-refractivity contribution is 5.76. The summed E-state index contributed by atoms with van der Waals surface area (Å²) in [6, 6.07) is 6.95. The van der Waals surface area contributed by atoms with Gasteiger partial charge in [-0.25, -0.2) is 0 Å². The molecule has 1 aromatic rings. The Bertz CT molecular complexity index is 519. The van der Waals surface area contributed by atoms with Crippen LogP contribution in [0.2, 0.25) is 0 Å². The van der Waals surface area contributed by atoms with Gasteiger partial charge in [0.15, 0.2) is 0 Å². The maximum atomic E-state index is 12.4. The number of hydrogen-bond acceptors (Lipinski definition) is 5. The van der Waals surface area contributed by atoms with Gasteiger partial charge in [0.05, 0.1) is 14.2 Å². The van der Waals surface area contributed by atoms with E-state index in [-0.39, 0.29) is 6.54 Å². The molecule has 1 rings (SSSR count). The van der Waals surface area contributed by atoms with Crippen molar-refractivity contribution in [1.29, 1.82) is 0 Å². The number of anilines is 1. The number of quaternary nitrogens is 1. The average molecular weight is 295 g/mol. The van der Waals surface area contributed by atoms with E-state index in [2.05, 4.69) is 0 Å². The fourth-order valence-corrected chi connectivity index (χ4v) is 1.76. The monoisotopic (exact) mass is 295 g/mol. The van der Waals surface area contributed by atoms with Gasteiger partial charge in [-0.1, -0.05) is 12.1 Å². The molecule has 1 atom stereocenters. The summed E-state index contributed by atoms with van der Waals surface area (Å²) in [6.07, 6.45) is -1.34. The molecule has 2 N–H and O–H groups in total. The average Bonchev–Trinajstić information content (AvgIpc) is 2.38. The van der Waals surface area contributed by atoms with Crippen molar-refractivity contribution in [2.24, 2.45) is 0 Å². The van der Waals surface area contributed by atoms with Crippen LogP contribution in [0.3, 0.4) is 0 Å². The van der Waals surface area contributed by atoms with Gasteiger partial charge in [0, 0.05) is 11.3 Å². The van der Waals surface area contributed by atoms with Gasteiger partial charge < -0.3 is 15.2 Å². The molecule has 6 nitrogen and oxygen atoms in total. The molecule has 0 bridgehead atoms. The van der Waals surface area contributed by atoms with Crippen LogP contribution in [-0.2, 0) is 16.0 Å². The number of carbonyl (C=O) groups is 2. The summed E-state index contributed by atoms with van der Waals surface area (Å²) in [6.45, 7) is 5.36. The molecule has 0 heterocycles. The lowest BCUT2D eigenvalue weighted by molar-refractivity contribution is -0.779. The third-order valence-corrected chi connectivity index (χ3v) is 2.85. The molecule has 116 valence electrons. The van der Waals surface area contributed by atoms with E-state index in [9.17, 15) is 9.59 Å². The number of nitrogen functional groups attached to an aromatic ring is 1. The molecule has 0 saturated heterocycles. The summed E-state index contributed by atoms with van der Waals surface area (Å²) in [4.78, 5) is 24.4. The maximum absolute atomic E-state index is 12.4. The summed E-state index contributed by atoms with van der Waals surface area (Å²) < 4.78 is 9.46. The van der Waals surface area contributed by atoms with Gasteiger partial charge in [-0.2, -0.15) is 9.59 Å². The van der Waals surface area contributed by atoms with Gasteiger partial charge in [0.2, 0.25) is 0 Å². The molecule has 0 saturated carbocycles. The van der Waals surface area contributed by atoms with Crippen LogP contribution in [0.4, 0.5) is 15.3 Å². The molecule has 0 aliphatic rings. The minimum Gasteiger partial charge on any atom is -0.423 e. The lowest BCUT2D eigenvalue weighted by atomic mass is 10.2. The first-order valence-electron chi connectivity index (χ1n) is 6.60. The predicted molar refractivity (Wildman–Crippen MR) is 79.4 cm³/mol. The van der Waals surface area contributed by atoms with Crippen molar-refractivity contribution in [3.63, 3.8) is 0 Å². The first-order chi connectivity index (χ1) is 9.58. The van der Waals surface area contributed by atoms with Crippen LogP contribution in [0.25, 0.3) is 0 Å². The molecule has 0 aliphatic heterocycles.